The second-order valence-electron chi connectivity index (χ2n) is 7.71. The number of nitrogens with zero attached hydrogens (tertiary/aromatic N) is 1. The average molecular weight is 370 g/mol. The van der Waals surface area contributed by atoms with Crippen molar-refractivity contribution in [2.75, 3.05) is 19.4 Å². The van der Waals surface area contributed by atoms with Gasteiger partial charge in [0, 0.05) is 12.3 Å². The van der Waals surface area contributed by atoms with E-state index >= 15 is 0 Å². The number of rotatable bonds is 4. The molecule has 138 valence electrons. The van der Waals surface area contributed by atoms with E-state index in [4.69, 9.17) is 4.74 Å². The first-order chi connectivity index (χ1) is 12.4. The predicted molar refractivity (Wildman–Crippen MR) is 109 cm³/mol. The molecule has 1 amide bonds. The maximum Gasteiger partial charge on any atom is 0.228 e. The Kier molecular flexibility index (Phi) is 5.61. The lowest BCUT2D eigenvalue weighted by molar-refractivity contribution is -0.130. The van der Waals surface area contributed by atoms with Gasteiger partial charge in [-0.25, -0.2) is 0 Å². The lowest BCUT2D eigenvalue weighted by Gasteiger charge is -2.25. The fourth-order valence-electron chi connectivity index (χ4n) is 3.17. The van der Waals surface area contributed by atoms with Crippen molar-refractivity contribution >= 4 is 17.7 Å². The molecule has 3 nitrogen and oxygen atoms in total. The van der Waals surface area contributed by atoms with Gasteiger partial charge in [-0.2, -0.15) is 0 Å². The zero-order valence-corrected chi connectivity index (χ0v) is 16.8. The van der Waals surface area contributed by atoms with Crippen LogP contribution in [-0.2, 0) is 16.6 Å². The van der Waals surface area contributed by atoms with Gasteiger partial charge in [0.25, 0.3) is 0 Å². The molecule has 0 aromatic heterocycles. The van der Waals surface area contributed by atoms with Crippen LogP contribution < -0.4 is 4.74 Å². The van der Waals surface area contributed by atoms with E-state index in [1.807, 2.05) is 40.9 Å². The van der Waals surface area contributed by atoms with E-state index in [0.717, 1.165) is 23.6 Å². The number of carbonyl (C=O) groups excluding carboxylic acids is 1. The van der Waals surface area contributed by atoms with Gasteiger partial charge < -0.3 is 9.64 Å². The van der Waals surface area contributed by atoms with Crippen LogP contribution in [0.15, 0.2) is 48.5 Å². The molecule has 0 saturated carbocycles. The van der Waals surface area contributed by atoms with Gasteiger partial charge in [-0.1, -0.05) is 57.2 Å². The summed E-state index contributed by atoms with van der Waals surface area (Å²) in [5.41, 5.74) is 3.70. The molecule has 1 saturated heterocycles. The van der Waals surface area contributed by atoms with Crippen molar-refractivity contribution in [2.45, 2.75) is 38.0 Å². The third-order valence-electron chi connectivity index (χ3n) is 4.79. The van der Waals surface area contributed by atoms with Crippen molar-refractivity contribution in [2.24, 2.45) is 0 Å². The molecule has 0 spiro atoms. The highest BCUT2D eigenvalue weighted by atomic mass is 32.2. The summed E-state index contributed by atoms with van der Waals surface area (Å²) in [4.78, 5) is 14.9. The lowest BCUT2D eigenvalue weighted by Crippen LogP contribution is -2.31. The summed E-state index contributed by atoms with van der Waals surface area (Å²) in [6.45, 7) is 7.47. The Morgan fingerprint density at radius 1 is 1.12 bits per heavy atom. The number of benzene rings is 2. The highest BCUT2D eigenvalue weighted by Crippen LogP contribution is 2.39. The summed E-state index contributed by atoms with van der Waals surface area (Å²) in [6.07, 6.45) is 0.432. The summed E-state index contributed by atoms with van der Waals surface area (Å²) < 4.78 is 5.18. The van der Waals surface area contributed by atoms with Crippen molar-refractivity contribution in [1.82, 2.24) is 4.90 Å². The summed E-state index contributed by atoms with van der Waals surface area (Å²) in [6, 6.07) is 16.5. The fourth-order valence-corrected chi connectivity index (χ4v) is 4.45. The highest BCUT2D eigenvalue weighted by molar-refractivity contribution is 7.99. The van der Waals surface area contributed by atoms with Crippen LogP contribution in [0, 0.1) is 0 Å². The standard InChI is InChI=1S/C22H27NO2S/c1-22(2,3)18-9-7-17(8-10-18)21-23(13-14-26-21)20(24)15-16-5-11-19(25-4)12-6-16/h5-12,21H,13-15H2,1-4H3/t21-/m0/s1. The van der Waals surface area contributed by atoms with E-state index in [9.17, 15) is 4.79 Å². The molecule has 3 rings (SSSR count). The molecular weight excluding hydrogens is 342 g/mol. The summed E-state index contributed by atoms with van der Waals surface area (Å²) in [5, 5.41) is 0.120. The third kappa shape index (κ3) is 4.24. The number of amides is 1. The number of carbonyl (C=O) groups is 1. The molecule has 0 bridgehead atoms. The van der Waals surface area contributed by atoms with Crippen LogP contribution in [0.3, 0.4) is 0 Å². The second kappa shape index (κ2) is 7.75. The fraction of sp³-hybridized carbons (Fsp3) is 0.409. The van der Waals surface area contributed by atoms with Crippen LogP contribution in [0.2, 0.25) is 0 Å². The van der Waals surface area contributed by atoms with E-state index in [2.05, 4.69) is 45.0 Å². The normalized spacial score (nSPS) is 17.4. The largest absolute Gasteiger partial charge is 0.497 e. The Morgan fingerprint density at radius 2 is 1.77 bits per heavy atom. The van der Waals surface area contributed by atoms with E-state index < -0.39 is 0 Å². The average Bonchev–Trinajstić information content (AvgIpc) is 3.11. The molecule has 0 unspecified atom stereocenters. The maximum atomic E-state index is 12.9. The first-order valence-electron chi connectivity index (χ1n) is 9.03. The van der Waals surface area contributed by atoms with Crippen molar-refractivity contribution in [3.05, 3.63) is 65.2 Å². The van der Waals surface area contributed by atoms with Gasteiger partial charge in [0.05, 0.1) is 13.5 Å². The molecule has 1 heterocycles. The molecule has 0 radical (unpaired) electrons. The van der Waals surface area contributed by atoms with Crippen LogP contribution in [0.4, 0.5) is 0 Å². The Morgan fingerprint density at radius 3 is 2.35 bits per heavy atom. The highest BCUT2D eigenvalue weighted by Gasteiger charge is 2.30. The number of methoxy groups -OCH3 is 1. The van der Waals surface area contributed by atoms with Crippen molar-refractivity contribution in [3.63, 3.8) is 0 Å². The summed E-state index contributed by atoms with van der Waals surface area (Å²) in [7, 11) is 1.65. The molecule has 0 N–H and O–H groups in total. The Hall–Kier alpha value is -1.94. The monoisotopic (exact) mass is 369 g/mol. The van der Waals surface area contributed by atoms with Gasteiger partial charge in [0.15, 0.2) is 0 Å². The Labute approximate surface area is 160 Å². The molecule has 1 fully saturated rings. The van der Waals surface area contributed by atoms with Crippen molar-refractivity contribution < 1.29 is 9.53 Å². The zero-order valence-electron chi connectivity index (χ0n) is 16.0. The minimum atomic E-state index is 0.120. The summed E-state index contributed by atoms with van der Waals surface area (Å²) in [5.74, 6) is 1.99. The smallest absolute Gasteiger partial charge is 0.228 e. The molecule has 1 aliphatic rings. The molecule has 4 heteroatoms. The quantitative estimate of drug-likeness (QED) is 0.775. The van der Waals surface area contributed by atoms with Gasteiger partial charge >= 0.3 is 0 Å². The van der Waals surface area contributed by atoms with Crippen LogP contribution in [0.25, 0.3) is 0 Å². The number of ether oxygens (including phenoxy) is 1. The summed E-state index contributed by atoms with van der Waals surface area (Å²) >= 11 is 1.85. The lowest BCUT2D eigenvalue weighted by atomic mass is 9.86. The third-order valence-corrected chi connectivity index (χ3v) is 6.05. The van der Waals surface area contributed by atoms with E-state index in [1.165, 1.54) is 11.1 Å². The Bertz CT molecular complexity index is 747. The molecular formula is C22H27NO2S. The van der Waals surface area contributed by atoms with Crippen molar-refractivity contribution in [3.8, 4) is 5.75 Å². The molecule has 0 aliphatic carbocycles. The molecule has 26 heavy (non-hydrogen) atoms. The molecule has 1 aliphatic heterocycles. The predicted octanol–water partition coefficient (Wildman–Crippen LogP) is 4.81. The second-order valence-corrected chi connectivity index (χ2v) is 8.90. The van der Waals surface area contributed by atoms with E-state index in [0.29, 0.717) is 6.42 Å². The van der Waals surface area contributed by atoms with Crippen molar-refractivity contribution in [1.29, 1.82) is 0 Å². The van der Waals surface area contributed by atoms with E-state index in [-0.39, 0.29) is 16.7 Å². The SMILES string of the molecule is COc1ccc(CC(=O)N2CCS[C@H]2c2ccc(C(C)(C)C)cc2)cc1. The topological polar surface area (TPSA) is 29.5 Å². The van der Waals surface area contributed by atoms with Crippen LogP contribution in [0.5, 0.6) is 5.75 Å². The first-order valence-corrected chi connectivity index (χ1v) is 10.1. The zero-order chi connectivity index (χ0) is 18.7. The maximum absolute atomic E-state index is 12.9. The van der Waals surface area contributed by atoms with Crippen LogP contribution in [0.1, 0.15) is 42.8 Å². The molecule has 2 aromatic rings. The number of hydrogen-bond donors (Lipinski definition) is 0. The molecule has 1 atom stereocenters. The Balaban J connectivity index is 1.71. The number of thioether (sulfide) groups is 1. The van der Waals surface area contributed by atoms with Gasteiger partial charge in [0.1, 0.15) is 11.1 Å². The first kappa shape index (κ1) is 18.8. The van der Waals surface area contributed by atoms with Gasteiger partial charge in [-0.15, -0.1) is 11.8 Å². The van der Waals surface area contributed by atoms with Crippen LogP contribution >= 0.6 is 11.8 Å². The van der Waals surface area contributed by atoms with Gasteiger partial charge in [0.2, 0.25) is 5.91 Å². The van der Waals surface area contributed by atoms with E-state index in [1.54, 1.807) is 7.11 Å². The minimum Gasteiger partial charge on any atom is -0.497 e. The van der Waals surface area contributed by atoms with Crippen LogP contribution in [-0.4, -0.2) is 30.2 Å². The van der Waals surface area contributed by atoms with Gasteiger partial charge in [-0.05, 0) is 34.2 Å². The minimum absolute atomic E-state index is 0.120. The molecule has 2 aromatic carbocycles. The van der Waals surface area contributed by atoms with Gasteiger partial charge in [-0.3, -0.25) is 4.79 Å². The number of hydrogen-bond acceptors (Lipinski definition) is 3.